The van der Waals surface area contributed by atoms with E-state index < -0.39 is 11.5 Å². The lowest BCUT2D eigenvalue weighted by Gasteiger charge is -2.20. The Morgan fingerprint density at radius 1 is 1.38 bits per heavy atom. The van der Waals surface area contributed by atoms with Crippen LogP contribution in [0.4, 0.5) is 0 Å². The molecule has 0 aromatic heterocycles. The van der Waals surface area contributed by atoms with Crippen molar-refractivity contribution in [2.75, 3.05) is 13.6 Å². The number of allylic oxidation sites excluding steroid dienone is 2. The van der Waals surface area contributed by atoms with Crippen LogP contribution in [0.25, 0.3) is 0 Å². The molecule has 0 unspecified atom stereocenters. The van der Waals surface area contributed by atoms with Crippen LogP contribution in [-0.2, 0) is 9.59 Å². The minimum atomic E-state index is -0.496. The Balaban J connectivity index is 2.98. The second kappa shape index (κ2) is 3.43. The quantitative estimate of drug-likeness (QED) is 0.627. The lowest BCUT2D eigenvalue weighted by Crippen LogP contribution is -2.27. The van der Waals surface area contributed by atoms with Gasteiger partial charge in [0.2, 0.25) is 5.78 Å². The average molecular weight is 181 g/mol. The number of nitrogens with zero attached hydrogens (tertiary/aromatic N) is 1. The lowest BCUT2D eigenvalue weighted by atomic mass is 10.1. The van der Waals surface area contributed by atoms with Crippen LogP contribution in [0.5, 0.6) is 0 Å². The van der Waals surface area contributed by atoms with Crippen LogP contribution in [0.2, 0.25) is 0 Å². The number of ketones is 2. The highest BCUT2D eigenvalue weighted by Crippen LogP contribution is 2.13. The molecule has 0 atom stereocenters. The standard InChI is InChI=1S/C9H11NO3/c1-3-10(2)7-4-6(11)5-8(12)9(7)13/h4-5,12H,3H2,1-2H3. The summed E-state index contributed by atoms with van der Waals surface area (Å²) >= 11 is 0. The monoisotopic (exact) mass is 181 g/mol. The molecule has 0 heterocycles. The molecule has 0 radical (unpaired) electrons. The van der Waals surface area contributed by atoms with Crippen molar-refractivity contribution < 1.29 is 14.7 Å². The van der Waals surface area contributed by atoms with E-state index in [-0.39, 0.29) is 11.5 Å². The molecular formula is C9H11NO3. The zero-order chi connectivity index (χ0) is 10.0. The highest BCUT2D eigenvalue weighted by atomic mass is 16.3. The second-order valence-corrected chi connectivity index (χ2v) is 2.80. The molecule has 0 fully saturated rings. The molecule has 4 heteroatoms. The Morgan fingerprint density at radius 3 is 2.54 bits per heavy atom. The van der Waals surface area contributed by atoms with Crippen molar-refractivity contribution in [2.45, 2.75) is 6.92 Å². The second-order valence-electron chi connectivity index (χ2n) is 2.80. The highest BCUT2D eigenvalue weighted by Gasteiger charge is 2.22. The van der Waals surface area contributed by atoms with Gasteiger partial charge in [-0.2, -0.15) is 0 Å². The van der Waals surface area contributed by atoms with Crippen LogP contribution in [-0.4, -0.2) is 35.2 Å². The van der Waals surface area contributed by atoms with Gasteiger partial charge in [-0.1, -0.05) is 0 Å². The molecule has 1 rings (SSSR count). The van der Waals surface area contributed by atoms with Crippen molar-refractivity contribution in [3.05, 3.63) is 23.6 Å². The van der Waals surface area contributed by atoms with E-state index in [1.165, 1.54) is 6.08 Å². The fourth-order valence-corrected chi connectivity index (χ4v) is 1.03. The van der Waals surface area contributed by atoms with Crippen LogP contribution in [0.3, 0.4) is 0 Å². The topological polar surface area (TPSA) is 57.6 Å². The number of aliphatic hydroxyl groups excluding tert-OH is 1. The van der Waals surface area contributed by atoms with Gasteiger partial charge in [0.1, 0.15) is 0 Å². The van der Waals surface area contributed by atoms with Gasteiger partial charge in [0.05, 0.1) is 5.70 Å². The lowest BCUT2D eigenvalue weighted by molar-refractivity contribution is -0.118. The first-order valence-corrected chi connectivity index (χ1v) is 3.98. The van der Waals surface area contributed by atoms with Gasteiger partial charge in [-0.05, 0) is 6.92 Å². The smallest absolute Gasteiger partial charge is 0.243 e. The number of likely N-dealkylation sites (N-methyl/N-ethyl adjacent to an activating group) is 1. The van der Waals surface area contributed by atoms with Gasteiger partial charge >= 0.3 is 0 Å². The Kier molecular flexibility index (Phi) is 2.51. The summed E-state index contributed by atoms with van der Waals surface area (Å²) in [5, 5.41) is 9.09. The summed E-state index contributed by atoms with van der Waals surface area (Å²) in [6.45, 7) is 2.46. The predicted molar refractivity (Wildman–Crippen MR) is 47.1 cm³/mol. The number of aliphatic hydroxyl groups is 1. The van der Waals surface area contributed by atoms with Crippen LogP contribution >= 0.6 is 0 Å². The maximum absolute atomic E-state index is 11.3. The maximum Gasteiger partial charge on any atom is 0.243 e. The van der Waals surface area contributed by atoms with E-state index in [1.54, 1.807) is 11.9 Å². The predicted octanol–water partition coefficient (Wildman–Crippen LogP) is 0.416. The normalized spacial score (nSPS) is 16.8. The summed E-state index contributed by atoms with van der Waals surface area (Å²) in [5.74, 6) is -1.33. The fourth-order valence-electron chi connectivity index (χ4n) is 1.03. The fraction of sp³-hybridized carbons (Fsp3) is 0.333. The van der Waals surface area contributed by atoms with Crippen LogP contribution in [0.15, 0.2) is 23.6 Å². The summed E-state index contributed by atoms with van der Waals surface area (Å²) < 4.78 is 0. The van der Waals surface area contributed by atoms with Gasteiger partial charge in [-0.15, -0.1) is 0 Å². The summed E-state index contributed by atoms with van der Waals surface area (Å²) in [6.07, 6.45) is 2.15. The van der Waals surface area contributed by atoms with Gasteiger partial charge in [0, 0.05) is 25.7 Å². The van der Waals surface area contributed by atoms with E-state index in [1.807, 2.05) is 6.92 Å². The van der Waals surface area contributed by atoms with Crippen LogP contribution in [0, 0.1) is 0 Å². The van der Waals surface area contributed by atoms with Gasteiger partial charge in [0.15, 0.2) is 11.5 Å². The van der Waals surface area contributed by atoms with Gasteiger partial charge in [-0.25, -0.2) is 0 Å². The third-order valence-electron chi connectivity index (χ3n) is 1.91. The van der Waals surface area contributed by atoms with E-state index in [0.29, 0.717) is 6.54 Å². The molecule has 0 aliphatic heterocycles. The number of Topliss-reactive ketones (excluding diaryl/α,β-unsaturated/α-hetero) is 1. The number of carbonyl (C=O) groups is 2. The molecule has 0 bridgehead atoms. The summed E-state index contributed by atoms with van der Waals surface area (Å²) in [4.78, 5) is 23.9. The molecular weight excluding hydrogens is 170 g/mol. The Morgan fingerprint density at radius 2 is 2.00 bits per heavy atom. The molecule has 0 amide bonds. The van der Waals surface area contributed by atoms with E-state index >= 15 is 0 Å². The Hall–Kier alpha value is -1.58. The zero-order valence-corrected chi connectivity index (χ0v) is 7.57. The first-order chi connectivity index (χ1) is 6.06. The highest BCUT2D eigenvalue weighted by molar-refractivity contribution is 6.18. The Bertz CT molecular complexity index is 315. The Labute approximate surface area is 76.2 Å². The minimum Gasteiger partial charge on any atom is -0.504 e. The SMILES string of the molecule is CCN(C)C1=CC(=O)C=C(O)C1=O. The molecule has 4 nitrogen and oxygen atoms in total. The van der Waals surface area contributed by atoms with E-state index in [4.69, 9.17) is 5.11 Å². The van der Waals surface area contributed by atoms with Crippen LogP contribution in [0.1, 0.15) is 6.92 Å². The average Bonchev–Trinajstić information content (AvgIpc) is 2.10. The number of hydrogen-bond acceptors (Lipinski definition) is 4. The molecule has 0 aromatic carbocycles. The molecule has 13 heavy (non-hydrogen) atoms. The third-order valence-corrected chi connectivity index (χ3v) is 1.91. The van der Waals surface area contributed by atoms with E-state index in [0.717, 1.165) is 6.08 Å². The largest absolute Gasteiger partial charge is 0.504 e. The maximum atomic E-state index is 11.3. The zero-order valence-electron chi connectivity index (χ0n) is 7.57. The van der Waals surface area contributed by atoms with E-state index in [9.17, 15) is 9.59 Å². The van der Waals surface area contributed by atoms with Gasteiger partial charge < -0.3 is 10.0 Å². The van der Waals surface area contributed by atoms with Crippen molar-refractivity contribution in [3.8, 4) is 0 Å². The summed E-state index contributed by atoms with van der Waals surface area (Å²) in [5.41, 5.74) is 0.243. The third kappa shape index (κ3) is 1.77. The van der Waals surface area contributed by atoms with Crippen molar-refractivity contribution in [3.63, 3.8) is 0 Å². The van der Waals surface area contributed by atoms with Crippen molar-refractivity contribution >= 4 is 11.6 Å². The minimum absolute atomic E-state index is 0.243. The molecule has 0 saturated carbocycles. The molecule has 1 aliphatic carbocycles. The summed E-state index contributed by atoms with van der Waals surface area (Å²) in [7, 11) is 1.69. The first kappa shape index (κ1) is 9.51. The molecule has 70 valence electrons. The number of rotatable bonds is 2. The van der Waals surface area contributed by atoms with Gasteiger partial charge in [-0.3, -0.25) is 9.59 Å². The van der Waals surface area contributed by atoms with Gasteiger partial charge in [0.25, 0.3) is 0 Å². The molecule has 0 saturated heterocycles. The van der Waals surface area contributed by atoms with E-state index in [2.05, 4.69) is 0 Å². The first-order valence-electron chi connectivity index (χ1n) is 3.98. The molecule has 0 aromatic rings. The number of carbonyl (C=O) groups excluding carboxylic acids is 2. The molecule has 1 aliphatic rings. The number of hydrogen-bond donors (Lipinski definition) is 1. The van der Waals surface area contributed by atoms with Crippen molar-refractivity contribution in [2.24, 2.45) is 0 Å². The molecule has 1 N–H and O–H groups in total. The molecule has 0 spiro atoms. The van der Waals surface area contributed by atoms with Crippen LogP contribution < -0.4 is 0 Å². The van der Waals surface area contributed by atoms with Crippen molar-refractivity contribution in [1.29, 1.82) is 0 Å². The summed E-state index contributed by atoms with van der Waals surface area (Å²) in [6, 6.07) is 0. The van der Waals surface area contributed by atoms with Crippen molar-refractivity contribution in [1.82, 2.24) is 4.90 Å².